The van der Waals surface area contributed by atoms with E-state index in [0.29, 0.717) is 6.33 Å². The van der Waals surface area contributed by atoms with E-state index < -0.39 is 0 Å². The SMILES string of the molecule is C/C=C/F.C=CCc1c(C2=CCC=NC=C2)nc(-c2c(C)[nH]c3ccccc23)n1C.CC. The Labute approximate surface area is 190 Å². The first-order chi connectivity index (χ1) is 15.6. The number of fused-ring (bicyclic) bond motifs is 1. The normalized spacial score (nSPS) is 12.6. The molecule has 0 saturated carbocycles. The minimum atomic E-state index is 0.500. The third kappa shape index (κ3) is 5.41. The maximum atomic E-state index is 10.5. The Morgan fingerprint density at radius 3 is 2.66 bits per heavy atom. The van der Waals surface area contributed by atoms with Crippen LogP contribution in [-0.2, 0) is 13.5 Å². The highest BCUT2D eigenvalue weighted by molar-refractivity contribution is 5.96. The number of nitrogens with zero attached hydrogens (tertiary/aromatic N) is 3. The van der Waals surface area contributed by atoms with Gasteiger partial charge < -0.3 is 9.55 Å². The van der Waals surface area contributed by atoms with E-state index in [1.54, 1.807) is 6.92 Å². The summed E-state index contributed by atoms with van der Waals surface area (Å²) in [5.41, 5.74) is 6.71. The van der Waals surface area contributed by atoms with Gasteiger partial charge in [0.05, 0.1) is 12.0 Å². The van der Waals surface area contributed by atoms with E-state index in [9.17, 15) is 4.39 Å². The summed E-state index contributed by atoms with van der Waals surface area (Å²) in [5.74, 6) is 0.978. The summed E-state index contributed by atoms with van der Waals surface area (Å²) >= 11 is 0. The van der Waals surface area contributed by atoms with Gasteiger partial charge in [0.25, 0.3) is 0 Å². The van der Waals surface area contributed by atoms with Gasteiger partial charge in [-0.05, 0) is 31.6 Å². The molecule has 4 nitrogen and oxygen atoms in total. The molecule has 1 aliphatic heterocycles. The number of nitrogens with one attached hydrogen (secondary N) is 1. The largest absolute Gasteiger partial charge is 0.358 e. The van der Waals surface area contributed by atoms with Gasteiger partial charge in [0.15, 0.2) is 0 Å². The van der Waals surface area contributed by atoms with Crippen molar-refractivity contribution < 1.29 is 4.39 Å². The van der Waals surface area contributed by atoms with Crippen molar-refractivity contribution >= 4 is 22.7 Å². The maximum absolute atomic E-state index is 10.5. The van der Waals surface area contributed by atoms with Crippen molar-refractivity contribution in [1.82, 2.24) is 14.5 Å². The predicted octanol–water partition coefficient (Wildman–Crippen LogP) is 7.49. The summed E-state index contributed by atoms with van der Waals surface area (Å²) in [4.78, 5) is 12.8. The van der Waals surface area contributed by atoms with E-state index in [0.717, 1.165) is 52.4 Å². The van der Waals surface area contributed by atoms with E-state index in [2.05, 4.69) is 65.4 Å². The van der Waals surface area contributed by atoms with Crippen LogP contribution in [0, 0.1) is 6.92 Å². The first-order valence-electron chi connectivity index (χ1n) is 11.0. The molecule has 0 atom stereocenters. The lowest BCUT2D eigenvalue weighted by Crippen LogP contribution is -1.99. The third-order valence-electron chi connectivity index (χ3n) is 4.96. The summed E-state index contributed by atoms with van der Waals surface area (Å²) < 4.78 is 12.7. The van der Waals surface area contributed by atoms with Gasteiger partial charge in [0.2, 0.25) is 0 Å². The Morgan fingerprint density at radius 2 is 1.97 bits per heavy atom. The molecule has 0 unspecified atom stereocenters. The highest BCUT2D eigenvalue weighted by atomic mass is 19.1. The van der Waals surface area contributed by atoms with Crippen LogP contribution in [0.3, 0.4) is 0 Å². The van der Waals surface area contributed by atoms with E-state index in [1.807, 2.05) is 38.4 Å². The molecule has 3 heterocycles. The first-order valence-corrected chi connectivity index (χ1v) is 11.0. The van der Waals surface area contributed by atoms with Crippen molar-refractivity contribution in [1.29, 1.82) is 0 Å². The molecule has 5 heteroatoms. The van der Waals surface area contributed by atoms with Crippen LogP contribution in [0.15, 0.2) is 72.7 Å². The highest BCUT2D eigenvalue weighted by Crippen LogP contribution is 2.34. The van der Waals surface area contributed by atoms with Crippen molar-refractivity contribution in [3.63, 3.8) is 0 Å². The zero-order valence-corrected chi connectivity index (χ0v) is 19.7. The lowest BCUT2D eigenvalue weighted by molar-refractivity contribution is 0.719. The van der Waals surface area contributed by atoms with Crippen LogP contribution < -0.4 is 0 Å². The molecule has 32 heavy (non-hydrogen) atoms. The molecule has 1 aliphatic rings. The molecule has 0 bridgehead atoms. The molecule has 0 fully saturated rings. The van der Waals surface area contributed by atoms with Crippen LogP contribution in [-0.4, -0.2) is 20.7 Å². The predicted molar refractivity (Wildman–Crippen MR) is 137 cm³/mol. The summed E-state index contributed by atoms with van der Waals surface area (Å²) in [7, 11) is 2.09. The molecule has 1 N–H and O–H groups in total. The molecule has 2 aromatic heterocycles. The van der Waals surface area contributed by atoms with E-state index in [1.165, 1.54) is 11.5 Å². The van der Waals surface area contributed by atoms with Crippen LogP contribution in [0.1, 0.15) is 44.3 Å². The minimum absolute atomic E-state index is 0.500. The van der Waals surface area contributed by atoms with Gasteiger partial charge >= 0.3 is 0 Å². The summed E-state index contributed by atoms with van der Waals surface area (Å²) in [6.45, 7) is 11.7. The molecule has 168 valence electrons. The fraction of sp³-hybridized carbons (Fsp3) is 0.259. The Morgan fingerprint density at radius 1 is 1.25 bits per heavy atom. The Kier molecular flexibility index (Phi) is 9.61. The van der Waals surface area contributed by atoms with Crippen LogP contribution in [0.4, 0.5) is 4.39 Å². The van der Waals surface area contributed by atoms with Gasteiger partial charge in [0, 0.05) is 60.2 Å². The molecule has 0 aliphatic carbocycles. The van der Waals surface area contributed by atoms with Crippen molar-refractivity contribution in [2.24, 2.45) is 12.0 Å². The molecular formula is C27H33FN4. The van der Waals surface area contributed by atoms with E-state index in [-0.39, 0.29) is 0 Å². The molecular weight excluding hydrogens is 399 g/mol. The topological polar surface area (TPSA) is 46.0 Å². The zero-order chi connectivity index (χ0) is 23.5. The highest BCUT2D eigenvalue weighted by Gasteiger charge is 2.21. The number of aliphatic imine (C=N–C) groups is 1. The van der Waals surface area contributed by atoms with Crippen LogP contribution in [0.25, 0.3) is 27.9 Å². The van der Waals surface area contributed by atoms with Crippen molar-refractivity contribution in [2.75, 3.05) is 0 Å². The fourth-order valence-electron chi connectivity index (χ4n) is 3.59. The van der Waals surface area contributed by atoms with Crippen molar-refractivity contribution in [3.05, 3.63) is 84.8 Å². The summed E-state index contributed by atoms with van der Waals surface area (Å²) in [5, 5.41) is 1.20. The lowest BCUT2D eigenvalue weighted by atomic mass is 10.1. The molecule has 0 amide bonds. The third-order valence-corrected chi connectivity index (χ3v) is 4.96. The molecule has 0 radical (unpaired) electrons. The molecule has 0 saturated heterocycles. The van der Waals surface area contributed by atoms with Crippen LogP contribution >= 0.6 is 0 Å². The van der Waals surface area contributed by atoms with Gasteiger partial charge in [-0.25, -0.2) is 9.37 Å². The first kappa shape index (κ1) is 24.8. The number of hydrogen-bond acceptors (Lipinski definition) is 2. The van der Waals surface area contributed by atoms with Crippen LogP contribution in [0.2, 0.25) is 0 Å². The van der Waals surface area contributed by atoms with Crippen LogP contribution in [0.5, 0.6) is 0 Å². The standard InChI is InChI=1S/C22H22N4.C3H5F.C2H6/c1-4-8-19-21(16-9-7-13-23-14-12-16)25-22(26(19)3)20-15(2)24-18-11-6-5-10-17(18)20;1-2-3-4;1-2/h4-6,9-14,24H,1,7-8H2,2-3H3;2-3H,1H3;1-2H3/b;3-2+;. The molecule has 1 aromatic carbocycles. The number of aromatic amines is 1. The van der Waals surface area contributed by atoms with Gasteiger partial charge in [-0.3, -0.25) is 4.99 Å². The smallest absolute Gasteiger partial charge is 0.143 e. The number of hydrogen-bond donors (Lipinski definition) is 1. The number of imidazole rings is 1. The van der Waals surface area contributed by atoms with Crippen molar-refractivity contribution in [2.45, 2.75) is 40.5 Å². The molecule has 3 aromatic rings. The second-order valence-electron chi connectivity index (χ2n) is 6.95. The van der Waals surface area contributed by atoms with Gasteiger partial charge in [-0.1, -0.05) is 50.3 Å². The van der Waals surface area contributed by atoms with E-state index in [4.69, 9.17) is 4.98 Å². The number of aryl methyl sites for hydroxylation is 1. The number of allylic oxidation sites excluding steroid dienone is 5. The number of halogens is 1. The number of H-pyrrole nitrogens is 1. The lowest BCUT2D eigenvalue weighted by Gasteiger charge is -2.06. The second-order valence-corrected chi connectivity index (χ2v) is 6.95. The average Bonchev–Trinajstić information content (AvgIpc) is 3.16. The average molecular weight is 433 g/mol. The number of rotatable bonds is 4. The van der Waals surface area contributed by atoms with Crippen molar-refractivity contribution in [3.8, 4) is 11.4 Å². The van der Waals surface area contributed by atoms with Gasteiger partial charge in [0.1, 0.15) is 5.82 Å². The number of aromatic nitrogens is 3. The summed E-state index contributed by atoms with van der Waals surface area (Å²) in [6.07, 6.45) is 13.3. The quantitative estimate of drug-likeness (QED) is 0.426. The Balaban J connectivity index is 0.000000547. The minimum Gasteiger partial charge on any atom is -0.358 e. The van der Waals surface area contributed by atoms with E-state index >= 15 is 0 Å². The number of benzene rings is 1. The summed E-state index contributed by atoms with van der Waals surface area (Å²) in [6, 6.07) is 8.38. The van der Waals surface area contributed by atoms with Gasteiger partial charge in [-0.2, -0.15) is 0 Å². The Hall–Kier alpha value is -3.47. The monoisotopic (exact) mass is 432 g/mol. The molecule has 0 spiro atoms. The second kappa shape index (κ2) is 12.4. The zero-order valence-electron chi connectivity index (χ0n) is 19.7. The maximum Gasteiger partial charge on any atom is 0.143 e. The van der Waals surface area contributed by atoms with Gasteiger partial charge in [-0.15, -0.1) is 6.58 Å². The fourth-order valence-corrected chi connectivity index (χ4v) is 3.59. The molecule has 4 rings (SSSR count). The number of para-hydroxylation sites is 1. The Bertz CT molecular complexity index is 1150.